The average Bonchev–Trinajstić information content (AvgIpc) is 2.71. The highest BCUT2D eigenvalue weighted by Crippen LogP contribution is 2.24. The number of ether oxygens (including phenoxy) is 1. The molecule has 9 heteroatoms. The highest BCUT2D eigenvalue weighted by Gasteiger charge is 2.12. The van der Waals surface area contributed by atoms with E-state index in [0.29, 0.717) is 11.3 Å². The molecule has 0 spiro atoms. The minimum absolute atomic E-state index is 0.0509. The molecule has 0 bridgehead atoms. The first kappa shape index (κ1) is 19.3. The molecular weight excluding hydrogens is 372 g/mol. The Kier molecular flexibility index (Phi) is 5.97. The lowest BCUT2D eigenvalue weighted by atomic mass is 10.1. The van der Waals surface area contributed by atoms with Crippen molar-refractivity contribution in [1.82, 2.24) is 15.0 Å². The van der Waals surface area contributed by atoms with E-state index in [4.69, 9.17) is 15.6 Å². The van der Waals surface area contributed by atoms with Crippen LogP contribution in [0.15, 0.2) is 54.6 Å². The number of nitrogens with one attached hydrogen (secondary N) is 1. The van der Waals surface area contributed by atoms with Crippen LogP contribution in [0.25, 0.3) is 11.6 Å². The molecule has 3 aromatic rings. The number of para-hydroxylation sites is 2. The number of nitrogens with two attached hydrogens (primary N) is 1. The number of carboxylic acid groups (broad SMARTS) is 1. The second-order valence-electron chi connectivity index (χ2n) is 5.72. The van der Waals surface area contributed by atoms with E-state index in [1.165, 1.54) is 6.08 Å². The molecule has 1 heterocycles. The van der Waals surface area contributed by atoms with Gasteiger partial charge in [0.05, 0.1) is 5.57 Å². The number of rotatable bonds is 7. The molecule has 1 aromatic heterocycles. The number of allylic oxidation sites excluding steroid dienone is 1. The third-order valence-corrected chi connectivity index (χ3v) is 3.61. The third kappa shape index (κ3) is 5.27. The van der Waals surface area contributed by atoms with Gasteiger partial charge < -0.3 is 20.9 Å². The molecule has 0 fully saturated rings. The molecule has 0 unspecified atom stereocenters. The van der Waals surface area contributed by atoms with Gasteiger partial charge in [-0.05, 0) is 24.3 Å². The molecule has 0 saturated heterocycles. The van der Waals surface area contributed by atoms with Crippen LogP contribution in [-0.2, 0) is 4.79 Å². The van der Waals surface area contributed by atoms with Gasteiger partial charge in [0.25, 0.3) is 0 Å². The Hall–Kier alpha value is -4.45. The van der Waals surface area contributed by atoms with Gasteiger partial charge in [0, 0.05) is 11.3 Å². The molecule has 0 aliphatic carbocycles. The standard InChI is InChI=1S/C20H16N6O3/c21-11-14(10-13-6-4-5-9-16(13)29-12-17(27)28)18-24-19(22)26-20(25-18)23-15-7-2-1-3-8-15/h1-10H,12H2,(H,27,28)(H3,22,23,24,25,26)/b14-10+. The summed E-state index contributed by atoms with van der Waals surface area (Å²) in [6, 6.07) is 18.0. The predicted octanol–water partition coefficient (Wildman–Crippen LogP) is 2.72. The summed E-state index contributed by atoms with van der Waals surface area (Å²) in [5.41, 5.74) is 7.14. The van der Waals surface area contributed by atoms with Gasteiger partial charge in [0.2, 0.25) is 11.9 Å². The topological polar surface area (TPSA) is 147 Å². The van der Waals surface area contributed by atoms with E-state index in [-0.39, 0.29) is 23.3 Å². The number of hydrogen-bond acceptors (Lipinski definition) is 8. The van der Waals surface area contributed by atoms with Crippen molar-refractivity contribution in [1.29, 1.82) is 5.26 Å². The van der Waals surface area contributed by atoms with Crippen molar-refractivity contribution >= 4 is 35.2 Å². The monoisotopic (exact) mass is 388 g/mol. The zero-order chi connectivity index (χ0) is 20.6. The molecule has 9 nitrogen and oxygen atoms in total. The van der Waals surface area contributed by atoms with Crippen LogP contribution in [0, 0.1) is 11.3 Å². The number of carboxylic acids is 1. The van der Waals surface area contributed by atoms with Crippen molar-refractivity contribution in [2.45, 2.75) is 0 Å². The Morgan fingerprint density at radius 2 is 1.86 bits per heavy atom. The Balaban J connectivity index is 1.94. The van der Waals surface area contributed by atoms with Gasteiger partial charge in [-0.15, -0.1) is 0 Å². The lowest BCUT2D eigenvalue weighted by Crippen LogP contribution is -2.10. The van der Waals surface area contributed by atoms with Crippen LogP contribution < -0.4 is 15.8 Å². The lowest BCUT2D eigenvalue weighted by Gasteiger charge is -2.08. The van der Waals surface area contributed by atoms with Crippen LogP contribution in [0.2, 0.25) is 0 Å². The van der Waals surface area contributed by atoms with Crippen molar-refractivity contribution in [3.63, 3.8) is 0 Å². The summed E-state index contributed by atoms with van der Waals surface area (Å²) in [5, 5.41) is 21.4. The Morgan fingerprint density at radius 1 is 1.14 bits per heavy atom. The molecular formula is C20H16N6O3. The van der Waals surface area contributed by atoms with Crippen LogP contribution in [0.4, 0.5) is 17.6 Å². The molecule has 0 aliphatic heterocycles. The first-order valence-corrected chi connectivity index (χ1v) is 8.44. The van der Waals surface area contributed by atoms with Gasteiger partial charge in [-0.3, -0.25) is 0 Å². The van der Waals surface area contributed by atoms with Gasteiger partial charge in [-0.2, -0.15) is 20.2 Å². The summed E-state index contributed by atoms with van der Waals surface area (Å²) in [6.45, 7) is -0.503. The maximum absolute atomic E-state index is 10.8. The van der Waals surface area contributed by atoms with Gasteiger partial charge >= 0.3 is 5.97 Å². The number of nitrogen functional groups attached to an aromatic ring is 1. The lowest BCUT2D eigenvalue weighted by molar-refractivity contribution is -0.139. The van der Waals surface area contributed by atoms with Crippen molar-refractivity contribution in [2.24, 2.45) is 0 Å². The largest absolute Gasteiger partial charge is 0.481 e. The minimum Gasteiger partial charge on any atom is -0.481 e. The van der Waals surface area contributed by atoms with Crippen LogP contribution >= 0.6 is 0 Å². The van der Waals surface area contributed by atoms with E-state index < -0.39 is 12.6 Å². The number of nitrogens with zero attached hydrogens (tertiary/aromatic N) is 4. The van der Waals surface area contributed by atoms with Crippen LogP contribution in [0.5, 0.6) is 5.75 Å². The number of aromatic nitrogens is 3. The summed E-state index contributed by atoms with van der Waals surface area (Å²) in [6.07, 6.45) is 1.50. The molecule has 2 aromatic carbocycles. The van der Waals surface area contributed by atoms with E-state index in [1.807, 2.05) is 36.4 Å². The molecule has 0 radical (unpaired) electrons. The highest BCUT2D eigenvalue weighted by atomic mass is 16.5. The van der Waals surface area contributed by atoms with Crippen LogP contribution in [0.3, 0.4) is 0 Å². The first-order chi connectivity index (χ1) is 14.0. The van der Waals surface area contributed by atoms with E-state index in [9.17, 15) is 10.1 Å². The summed E-state index contributed by atoms with van der Waals surface area (Å²) in [5.74, 6) is -0.579. The maximum atomic E-state index is 10.8. The Morgan fingerprint density at radius 3 is 2.59 bits per heavy atom. The number of nitriles is 1. The van der Waals surface area contributed by atoms with Gasteiger partial charge in [-0.25, -0.2) is 4.79 Å². The van der Waals surface area contributed by atoms with Crippen molar-refractivity contribution < 1.29 is 14.6 Å². The first-order valence-electron chi connectivity index (χ1n) is 8.44. The normalized spacial score (nSPS) is 10.8. The van der Waals surface area contributed by atoms with E-state index in [0.717, 1.165) is 5.69 Å². The van der Waals surface area contributed by atoms with Gasteiger partial charge in [0.15, 0.2) is 12.4 Å². The summed E-state index contributed by atoms with van der Waals surface area (Å²) in [7, 11) is 0. The molecule has 0 aliphatic rings. The van der Waals surface area contributed by atoms with Crippen molar-refractivity contribution in [3.8, 4) is 11.8 Å². The fourth-order valence-corrected chi connectivity index (χ4v) is 2.39. The van der Waals surface area contributed by atoms with Crippen LogP contribution in [-0.4, -0.2) is 32.6 Å². The smallest absolute Gasteiger partial charge is 0.341 e. The molecule has 4 N–H and O–H groups in total. The maximum Gasteiger partial charge on any atom is 0.341 e. The SMILES string of the molecule is N#C/C(=C\c1ccccc1OCC(=O)O)c1nc(N)nc(Nc2ccccc2)n1. The molecule has 29 heavy (non-hydrogen) atoms. The summed E-state index contributed by atoms with van der Waals surface area (Å²) >= 11 is 0. The minimum atomic E-state index is -1.11. The molecule has 144 valence electrons. The van der Waals surface area contributed by atoms with Crippen molar-refractivity contribution in [2.75, 3.05) is 17.7 Å². The van der Waals surface area contributed by atoms with E-state index in [1.54, 1.807) is 24.3 Å². The number of anilines is 3. The molecule has 0 atom stereocenters. The molecule has 0 saturated carbocycles. The quantitative estimate of drug-likeness (QED) is 0.520. The molecule has 0 amide bonds. The second-order valence-corrected chi connectivity index (χ2v) is 5.72. The fraction of sp³-hybridized carbons (Fsp3) is 0.0500. The Labute approximate surface area is 166 Å². The summed E-state index contributed by atoms with van der Waals surface area (Å²) in [4.78, 5) is 23.1. The zero-order valence-electron chi connectivity index (χ0n) is 15.1. The average molecular weight is 388 g/mol. The fourth-order valence-electron chi connectivity index (χ4n) is 2.39. The van der Waals surface area contributed by atoms with E-state index >= 15 is 0 Å². The summed E-state index contributed by atoms with van der Waals surface area (Å²) < 4.78 is 5.26. The Bertz CT molecular complexity index is 1090. The van der Waals surface area contributed by atoms with Crippen molar-refractivity contribution in [3.05, 3.63) is 66.0 Å². The third-order valence-electron chi connectivity index (χ3n) is 3.61. The predicted molar refractivity (Wildman–Crippen MR) is 107 cm³/mol. The molecule has 3 rings (SSSR count). The van der Waals surface area contributed by atoms with Crippen LogP contribution in [0.1, 0.15) is 11.4 Å². The van der Waals surface area contributed by atoms with Gasteiger partial charge in [0.1, 0.15) is 11.8 Å². The van der Waals surface area contributed by atoms with Gasteiger partial charge in [-0.1, -0.05) is 36.4 Å². The highest BCUT2D eigenvalue weighted by molar-refractivity contribution is 5.88. The number of benzene rings is 2. The zero-order valence-corrected chi connectivity index (χ0v) is 15.1. The number of carbonyl (C=O) groups is 1. The number of aliphatic carboxylic acids is 1. The van der Waals surface area contributed by atoms with E-state index in [2.05, 4.69) is 20.3 Å². The second kappa shape index (κ2) is 8.96. The number of hydrogen-bond donors (Lipinski definition) is 3.